The highest BCUT2D eigenvalue weighted by atomic mass is 16.2. The molecule has 56 valence electrons. The van der Waals surface area contributed by atoms with Crippen molar-refractivity contribution >= 4 is 11.8 Å². The van der Waals surface area contributed by atoms with Crippen LogP contribution in [0.5, 0.6) is 0 Å². The van der Waals surface area contributed by atoms with Crippen LogP contribution in [0.2, 0.25) is 0 Å². The van der Waals surface area contributed by atoms with E-state index < -0.39 is 11.9 Å². The number of rotatable bonds is 1. The van der Waals surface area contributed by atoms with Crippen molar-refractivity contribution in [3.63, 3.8) is 0 Å². The second-order valence-corrected chi connectivity index (χ2v) is 2.41. The predicted molar refractivity (Wildman–Crippen MR) is 35.0 cm³/mol. The van der Waals surface area contributed by atoms with Gasteiger partial charge in [-0.1, -0.05) is 0 Å². The Balaban J connectivity index is 2.47. The van der Waals surface area contributed by atoms with Crippen LogP contribution in [0.15, 0.2) is 0 Å². The lowest BCUT2D eigenvalue weighted by molar-refractivity contribution is -0.129. The summed E-state index contributed by atoms with van der Waals surface area (Å²) < 4.78 is 0. The Morgan fingerprint density at radius 2 is 2.40 bits per heavy atom. The summed E-state index contributed by atoms with van der Waals surface area (Å²) in [6.07, 6.45) is 1.96. The number of nitrogens with two attached hydrogens (primary N) is 1. The molecule has 1 rings (SSSR count). The van der Waals surface area contributed by atoms with E-state index in [4.69, 9.17) is 5.73 Å². The maximum atomic E-state index is 10.7. The van der Waals surface area contributed by atoms with Gasteiger partial charge in [-0.2, -0.15) is 0 Å². The summed E-state index contributed by atoms with van der Waals surface area (Å²) in [6, 6.07) is -0.429. The van der Waals surface area contributed by atoms with Crippen molar-refractivity contribution in [3.8, 4) is 0 Å². The normalized spacial score (nSPS) is 25.6. The van der Waals surface area contributed by atoms with Crippen molar-refractivity contribution in [3.05, 3.63) is 0 Å². The Kier molecular flexibility index (Phi) is 1.89. The summed E-state index contributed by atoms with van der Waals surface area (Å²) in [5, 5.41) is 2.50. The number of hydrogen-bond acceptors (Lipinski definition) is 2. The molecule has 1 saturated heterocycles. The molecule has 4 heteroatoms. The summed E-state index contributed by atoms with van der Waals surface area (Å²) in [4.78, 5) is 21.2. The Morgan fingerprint density at radius 3 is 2.80 bits per heavy atom. The smallest absolute Gasteiger partial charge is 0.239 e. The molecule has 1 aliphatic rings. The maximum absolute atomic E-state index is 10.7. The van der Waals surface area contributed by atoms with E-state index in [0.717, 1.165) is 6.42 Å². The molecule has 0 saturated carbocycles. The van der Waals surface area contributed by atoms with Crippen molar-refractivity contribution in [1.82, 2.24) is 5.32 Å². The minimum absolute atomic E-state index is 0.0740. The van der Waals surface area contributed by atoms with Crippen LogP contribution in [-0.2, 0) is 9.59 Å². The average Bonchev–Trinajstić information content (AvgIpc) is 1.88. The highest BCUT2D eigenvalue weighted by Gasteiger charge is 2.21. The van der Waals surface area contributed by atoms with Crippen LogP contribution >= 0.6 is 0 Å². The monoisotopic (exact) mass is 142 g/mol. The third-order valence-corrected chi connectivity index (χ3v) is 1.58. The number of piperidine rings is 1. The van der Waals surface area contributed by atoms with E-state index >= 15 is 0 Å². The van der Waals surface area contributed by atoms with E-state index in [2.05, 4.69) is 5.32 Å². The summed E-state index contributed by atoms with van der Waals surface area (Å²) in [7, 11) is 0. The summed E-state index contributed by atoms with van der Waals surface area (Å²) >= 11 is 0. The topological polar surface area (TPSA) is 72.2 Å². The minimum atomic E-state index is -0.437. The quantitative estimate of drug-likeness (QED) is 0.500. The second-order valence-electron chi connectivity index (χ2n) is 2.41. The van der Waals surface area contributed by atoms with Gasteiger partial charge < -0.3 is 11.1 Å². The lowest BCUT2D eigenvalue weighted by atomic mass is 10.0. The molecule has 2 amide bonds. The molecular formula is C6H10N2O2. The van der Waals surface area contributed by atoms with E-state index in [1.54, 1.807) is 0 Å². The zero-order valence-electron chi connectivity index (χ0n) is 5.59. The van der Waals surface area contributed by atoms with E-state index in [-0.39, 0.29) is 5.91 Å². The first kappa shape index (κ1) is 7.05. The molecule has 3 N–H and O–H groups in total. The molecule has 1 atom stereocenters. The highest BCUT2D eigenvalue weighted by Crippen LogP contribution is 2.06. The van der Waals surface area contributed by atoms with Crippen molar-refractivity contribution in [2.45, 2.75) is 25.3 Å². The third-order valence-electron chi connectivity index (χ3n) is 1.58. The van der Waals surface area contributed by atoms with E-state index in [1.807, 2.05) is 0 Å². The third kappa shape index (κ3) is 1.46. The largest absolute Gasteiger partial charge is 0.368 e. The van der Waals surface area contributed by atoms with Gasteiger partial charge in [0.2, 0.25) is 11.8 Å². The first-order valence-corrected chi connectivity index (χ1v) is 3.29. The molecule has 0 aromatic carbocycles. The summed E-state index contributed by atoms with van der Waals surface area (Å²) in [6.45, 7) is 0. The van der Waals surface area contributed by atoms with Gasteiger partial charge in [0.1, 0.15) is 6.04 Å². The number of hydrogen-bond donors (Lipinski definition) is 2. The van der Waals surface area contributed by atoms with E-state index in [9.17, 15) is 9.59 Å². The van der Waals surface area contributed by atoms with E-state index in [1.165, 1.54) is 0 Å². The molecule has 1 heterocycles. The molecule has 0 aliphatic carbocycles. The molecule has 4 nitrogen and oxygen atoms in total. The molecule has 1 unspecified atom stereocenters. The van der Waals surface area contributed by atoms with Gasteiger partial charge in [0.25, 0.3) is 0 Å². The summed E-state index contributed by atoms with van der Waals surface area (Å²) in [5.41, 5.74) is 4.98. The lowest BCUT2D eigenvalue weighted by Gasteiger charge is -2.19. The standard InChI is InChI=1S/C6H10N2O2/c7-6(10)4-2-1-3-5(9)8-4/h4H,1-3H2,(H2,7,10)(H,8,9). The van der Waals surface area contributed by atoms with Crippen molar-refractivity contribution in [2.75, 3.05) is 0 Å². The van der Waals surface area contributed by atoms with Crippen LogP contribution in [0.3, 0.4) is 0 Å². The first-order chi connectivity index (χ1) is 4.70. The zero-order chi connectivity index (χ0) is 7.56. The van der Waals surface area contributed by atoms with Gasteiger partial charge in [-0.25, -0.2) is 0 Å². The van der Waals surface area contributed by atoms with Crippen LogP contribution in [0.1, 0.15) is 19.3 Å². The molecule has 0 radical (unpaired) electrons. The van der Waals surface area contributed by atoms with Crippen molar-refractivity contribution in [1.29, 1.82) is 0 Å². The fourth-order valence-corrected chi connectivity index (χ4v) is 1.02. The number of carbonyl (C=O) groups excluding carboxylic acids is 2. The van der Waals surface area contributed by atoms with Crippen LogP contribution in [0.25, 0.3) is 0 Å². The fourth-order valence-electron chi connectivity index (χ4n) is 1.02. The molecular weight excluding hydrogens is 132 g/mol. The van der Waals surface area contributed by atoms with Gasteiger partial charge in [-0.15, -0.1) is 0 Å². The van der Waals surface area contributed by atoms with Crippen LogP contribution in [0.4, 0.5) is 0 Å². The Hall–Kier alpha value is -1.06. The van der Waals surface area contributed by atoms with E-state index in [0.29, 0.717) is 12.8 Å². The van der Waals surface area contributed by atoms with Crippen LogP contribution < -0.4 is 11.1 Å². The van der Waals surface area contributed by atoms with Gasteiger partial charge in [-0.3, -0.25) is 9.59 Å². The Labute approximate surface area is 58.8 Å². The van der Waals surface area contributed by atoms with Gasteiger partial charge in [0.05, 0.1) is 0 Å². The first-order valence-electron chi connectivity index (χ1n) is 3.29. The fraction of sp³-hybridized carbons (Fsp3) is 0.667. The van der Waals surface area contributed by atoms with Gasteiger partial charge in [0.15, 0.2) is 0 Å². The zero-order valence-corrected chi connectivity index (χ0v) is 5.59. The Bertz CT molecular complexity index is 165. The molecule has 0 aromatic heterocycles. The maximum Gasteiger partial charge on any atom is 0.239 e. The molecule has 0 aromatic rings. The van der Waals surface area contributed by atoms with Gasteiger partial charge >= 0.3 is 0 Å². The van der Waals surface area contributed by atoms with Gasteiger partial charge in [-0.05, 0) is 12.8 Å². The number of amides is 2. The number of carbonyl (C=O) groups is 2. The van der Waals surface area contributed by atoms with Crippen molar-refractivity contribution in [2.24, 2.45) is 5.73 Å². The van der Waals surface area contributed by atoms with Crippen molar-refractivity contribution < 1.29 is 9.59 Å². The number of nitrogens with one attached hydrogen (secondary N) is 1. The molecule has 0 spiro atoms. The number of primary amides is 1. The highest BCUT2D eigenvalue weighted by molar-refractivity contribution is 5.87. The second kappa shape index (κ2) is 2.68. The minimum Gasteiger partial charge on any atom is -0.368 e. The molecule has 10 heavy (non-hydrogen) atoms. The van der Waals surface area contributed by atoms with Crippen LogP contribution in [-0.4, -0.2) is 17.9 Å². The van der Waals surface area contributed by atoms with Gasteiger partial charge in [0, 0.05) is 6.42 Å². The van der Waals surface area contributed by atoms with Crippen LogP contribution in [0, 0.1) is 0 Å². The lowest BCUT2D eigenvalue weighted by Crippen LogP contribution is -2.46. The SMILES string of the molecule is NC(=O)C1CCCC(=O)N1. The molecule has 1 fully saturated rings. The Morgan fingerprint density at radius 1 is 1.70 bits per heavy atom. The average molecular weight is 142 g/mol. The molecule has 0 bridgehead atoms. The molecule has 1 aliphatic heterocycles. The predicted octanol–water partition coefficient (Wildman–Crippen LogP) is -0.860. The summed E-state index contributed by atoms with van der Waals surface area (Å²) in [5.74, 6) is -0.511.